The Morgan fingerprint density at radius 1 is 1.53 bits per heavy atom. The highest BCUT2D eigenvalue weighted by atomic mass is 16.5. The fraction of sp³-hybridized carbons (Fsp3) is 0.500. The largest absolute Gasteiger partial charge is 0.506 e. The first-order valence-corrected chi connectivity index (χ1v) is 5.59. The molecular weight excluding hydrogens is 222 g/mol. The maximum Gasteiger partial charge on any atom is 0.311 e. The Hall–Kier alpha value is -1.62. The molecule has 0 unspecified atom stereocenters. The highest BCUT2D eigenvalue weighted by Crippen LogP contribution is 2.29. The van der Waals surface area contributed by atoms with Crippen LogP contribution in [0.5, 0.6) is 11.5 Å². The Morgan fingerprint density at radius 3 is 2.82 bits per heavy atom. The van der Waals surface area contributed by atoms with Crippen molar-refractivity contribution in [2.75, 3.05) is 6.61 Å². The van der Waals surface area contributed by atoms with Crippen molar-refractivity contribution in [2.24, 2.45) is 0 Å². The zero-order chi connectivity index (χ0) is 12.8. The van der Waals surface area contributed by atoms with Crippen molar-refractivity contribution >= 4 is 5.97 Å². The zero-order valence-electron chi connectivity index (χ0n) is 10.1. The van der Waals surface area contributed by atoms with Crippen LogP contribution in [0.2, 0.25) is 0 Å². The lowest BCUT2D eigenvalue weighted by Crippen LogP contribution is -2.10. The van der Waals surface area contributed by atoms with E-state index in [0.29, 0.717) is 24.1 Å². The summed E-state index contributed by atoms with van der Waals surface area (Å²) in [5, 5.41) is 18.7. The predicted molar refractivity (Wildman–Crippen MR) is 62.0 cm³/mol. The van der Waals surface area contributed by atoms with Gasteiger partial charge in [0, 0.05) is 25.0 Å². The molecule has 0 saturated heterocycles. The summed E-state index contributed by atoms with van der Waals surface area (Å²) in [4.78, 5) is 15.3. The summed E-state index contributed by atoms with van der Waals surface area (Å²) in [7, 11) is 0. The van der Waals surface area contributed by atoms with Gasteiger partial charge in [-0.05, 0) is 13.3 Å². The van der Waals surface area contributed by atoms with Gasteiger partial charge in [0.05, 0.1) is 11.9 Å². The van der Waals surface area contributed by atoms with E-state index in [1.54, 1.807) is 6.92 Å². The second kappa shape index (κ2) is 6.20. The van der Waals surface area contributed by atoms with Gasteiger partial charge in [0.15, 0.2) is 5.75 Å². The molecule has 0 radical (unpaired) electrons. The third kappa shape index (κ3) is 3.42. The van der Waals surface area contributed by atoms with E-state index in [4.69, 9.17) is 9.84 Å². The molecule has 0 atom stereocenters. The summed E-state index contributed by atoms with van der Waals surface area (Å²) < 4.78 is 5.10. The van der Waals surface area contributed by atoms with Crippen molar-refractivity contribution in [3.05, 3.63) is 17.5 Å². The first-order chi connectivity index (χ1) is 8.10. The summed E-state index contributed by atoms with van der Waals surface area (Å²) in [5.74, 6) is -0.168. The summed E-state index contributed by atoms with van der Waals surface area (Å²) in [6.07, 6.45) is 2.63. The maximum atomic E-state index is 11.4. The van der Waals surface area contributed by atoms with E-state index in [1.165, 1.54) is 6.20 Å². The van der Waals surface area contributed by atoms with E-state index in [2.05, 4.69) is 4.98 Å². The predicted octanol–water partition coefficient (Wildman–Crippen LogP) is 1.34. The molecule has 0 aliphatic heterocycles. The van der Waals surface area contributed by atoms with E-state index in [0.717, 1.165) is 0 Å². The third-order valence-corrected chi connectivity index (χ3v) is 2.34. The smallest absolute Gasteiger partial charge is 0.311 e. The number of aromatic nitrogens is 1. The van der Waals surface area contributed by atoms with Crippen molar-refractivity contribution in [3.8, 4) is 11.5 Å². The van der Waals surface area contributed by atoms with Gasteiger partial charge in [0.1, 0.15) is 5.75 Å². The van der Waals surface area contributed by atoms with Gasteiger partial charge in [-0.3, -0.25) is 9.78 Å². The minimum Gasteiger partial charge on any atom is -0.506 e. The molecule has 5 nitrogen and oxygen atoms in total. The Kier molecular flexibility index (Phi) is 4.90. The van der Waals surface area contributed by atoms with E-state index < -0.39 is 0 Å². The van der Waals surface area contributed by atoms with Crippen molar-refractivity contribution in [1.29, 1.82) is 0 Å². The van der Waals surface area contributed by atoms with Crippen molar-refractivity contribution in [1.82, 2.24) is 4.98 Å². The van der Waals surface area contributed by atoms with Crippen LogP contribution in [0.25, 0.3) is 0 Å². The number of carbonyl (C=O) groups is 1. The highest BCUT2D eigenvalue weighted by molar-refractivity contribution is 5.73. The van der Waals surface area contributed by atoms with Gasteiger partial charge < -0.3 is 14.9 Å². The quantitative estimate of drug-likeness (QED) is 0.758. The van der Waals surface area contributed by atoms with Crippen LogP contribution in [-0.2, 0) is 11.2 Å². The van der Waals surface area contributed by atoms with Crippen LogP contribution < -0.4 is 4.74 Å². The molecule has 1 aromatic heterocycles. The minimum absolute atomic E-state index is 0.0270. The topological polar surface area (TPSA) is 79.7 Å². The molecule has 0 fully saturated rings. The molecule has 1 rings (SSSR count). The van der Waals surface area contributed by atoms with Crippen LogP contribution in [0.15, 0.2) is 6.20 Å². The summed E-state index contributed by atoms with van der Waals surface area (Å²) in [6.45, 7) is 3.39. The van der Waals surface area contributed by atoms with E-state index in [-0.39, 0.29) is 30.5 Å². The molecule has 0 bridgehead atoms. The lowest BCUT2D eigenvalue weighted by atomic mass is 10.1. The average Bonchev–Trinajstić information content (AvgIpc) is 2.29. The van der Waals surface area contributed by atoms with Crippen molar-refractivity contribution in [2.45, 2.75) is 33.1 Å². The van der Waals surface area contributed by atoms with Crippen LogP contribution >= 0.6 is 0 Å². The molecule has 17 heavy (non-hydrogen) atoms. The zero-order valence-corrected chi connectivity index (χ0v) is 10.1. The molecule has 5 heteroatoms. The standard InChI is InChI=1S/C12H17NO4/c1-3-4-11(15)17-10-7-13-8(2)12(16)9(10)5-6-14/h7,14,16H,3-6H2,1-2H3. The highest BCUT2D eigenvalue weighted by Gasteiger charge is 2.15. The number of aryl methyl sites for hydroxylation is 1. The Bertz CT molecular complexity index is 404. The van der Waals surface area contributed by atoms with Crippen LogP contribution in [0.3, 0.4) is 0 Å². The number of rotatable bonds is 5. The molecular formula is C12H17NO4. The summed E-state index contributed by atoms with van der Waals surface area (Å²) >= 11 is 0. The molecule has 0 aliphatic rings. The fourth-order valence-electron chi connectivity index (χ4n) is 1.45. The van der Waals surface area contributed by atoms with Crippen LogP contribution in [0, 0.1) is 6.92 Å². The Morgan fingerprint density at radius 2 is 2.24 bits per heavy atom. The van der Waals surface area contributed by atoms with E-state index in [9.17, 15) is 9.90 Å². The number of ether oxygens (including phenoxy) is 1. The Labute approximate surface area is 100 Å². The number of hydrogen-bond acceptors (Lipinski definition) is 5. The fourth-order valence-corrected chi connectivity index (χ4v) is 1.45. The van der Waals surface area contributed by atoms with E-state index >= 15 is 0 Å². The molecule has 1 aromatic rings. The SMILES string of the molecule is CCCC(=O)Oc1cnc(C)c(O)c1CCO. The monoisotopic (exact) mass is 239 g/mol. The maximum absolute atomic E-state index is 11.4. The lowest BCUT2D eigenvalue weighted by molar-refractivity contribution is -0.134. The molecule has 0 aliphatic carbocycles. The number of nitrogens with zero attached hydrogens (tertiary/aromatic N) is 1. The number of aliphatic hydroxyl groups excluding tert-OH is 1. The molecule has 1 heterocycles. The van der Waals surface area contributed by atoms with E-state index in [1.807, 2.05) is 6.92 Å². The first kappa shape index (κ1) is 13.4. The van der Waals surface area contributed by atoms with Gasteiger partial charge in [-0.15, -0.1) is 0 Å². The van der Waals surface area contributed by atoms with Gasteiger partial charge in [0.25, 0.3) is 0 Å². The summed E-state index contributed by atoms with van der Waals surface area (Å²) in [5.41, 5.74) is 0.869. The summed E-state index contributed by atoms with van der Waals surface area (Å²) in [6, 6.07) is 0. The number of pyridine rings is 1. The van der Waals surface area contributed by atoms with Crippen LogP contribution in [0.4, 0.5) is 0 Å². The second-order valence-electron chi connectivity index (χ2n) is 3.73. The minimum atomic E-state index is -0.364. The van der Waals surface area contributed by atoms with Crippen LogP contribution in [0.1, 0.15) is 31.0 Å². The third-order valence-electron chi connectivity index (χ3n) is 2.34. The lowest BCUT2D eigenvalue weighted by Gasteiger charge is -2.11. The normalized spacial score (nSPS) is 10.3. The van der Waals surface area contributed by atoms with Gasteiger partial charge in [0.2, 0.25) is 0 Å². The second-order valence-corrected chi connectivity index (χ2v) is 3.73. The first-order valence-electron chi connectivity index (χ1n) is 5.59. The number of aromatic hydroxyl groups is 1. The van der Waals surface area contributed by atoms with Gasteiger partial charge in [-0.2, -0.15) is 0 Å². The number of esters is 1. The van der Waals surface area contributed by atoms with Gasteiger partial charge in [-0.25, -0.2) is 0 Å². The average molecular weight is 239 g/mol. The van der Waals surface area contributed by atoms with Crippen molar-refractivity contribution in [3.63, 3.8) is 0 Å². The molecule has 0 saturated carbocycles. The van der Waals surface area contributed by atoms with Gasteiger partial charge in [-0.1, -0.05) is 6.92 Å². The Balaban J connectivity index is 2.98. The molecule has 0 amide bonds. The van der Waals surface area contributed by atoms with Gasteiger partial charge >= 0.3 is 5.97 Å². The number of hydrogen-bond donors (Lipinski definition) is 2. The number of aliphatic hydroxyl groups is 1. The molecule has 94 valence electrons. The van der Waals surface area contributed by atoms with Crippen molar-refractivity contribution < 1.29 is 19.7 Å². The number of carbonyl (C=O) groups excluding carboxylic acids is 1. The van der Waals surface area contributed by atoms with Crippen LogP contribution in [-0.4, -0.2) is 27.8 Å². The molecule has 0 spiro atoms. The molecule has 2 N–H and O–H groups in total. The molecule has 0 aromatic carbocycles.